The molecule has 2 unspecified atom stereocenters. The van der Waals surface area contributed by atoms with Gasteiger partial charge in [-0.25, -0.2) is 0 Å². The molecule has 0 bridgehead atoms. The molecule has 6 nitrogen and oxygen atoms in total. The molecule has 1 aromatic rings. The Labute approximate surface area is 206 Å². The van der Waals surface area contributed by atoms with E-state index in [2.05, 4.69) is 31.8 Å². The Balaban J connectivity index is 2.01. The van der Waals surface area contributed by atoms with E-state index in [1.165, 1.54) is 6.92 Å². The summed E-state index contributed by atoms with van der Waals surface area (Å²) in [5.74, 6) is 0.0835. The van der Waals surface area contributed by atoms with Crippen LogP contribution in [0.4, 0.5) is 0 Å². The molecule has 2 atom stereocenters. The van der Waals surface area contributed by atoms with Crippen LogP contribution in [0.15, 0.2) is 12.3 Å². The van der Waals surface area contributed by atoms with Gasteiger partial charge in [0.2, 0.25) is 0 Å². The number of ether oxygens (including phenoxy) is 1. The molecule has 7 heteroatoms. The molecular weight excluding hydrogens is 429 g/mol. The number of hydrogen-bond donors (Lipinski definition) is 0. The van der Waals surface area contributed by atoms with Crippen LogP contribution in [0.1, 0.15) is 92.8 Å². The number of hydrogen-bond acceptors (Lipinski definition) is 6. The number of carbonyl (C=O) groups is 2. The topological polar surface area (TPSA) is 74.7 Å². The number of pyridine rings is 1. The first kappa shape index (κ1) is 28.5. The third-order valence-electron chi connectivity index (χ3n) is 7.83. The van der Waals surface area contributed by atoms with Crippen molar-refractivity contribution in [3.63, 3.8) is 0 Å². The summed E-state index contributed by atoms with van der Waals surface area (Å²) in [4.78, 5) is 28.9. The van der Waals surface area contributed by atoms with Crippen molar-refractivity contribution >= 4 is 24.3 Å². The molecule has 0 aromatic carbocycles. The van der Waals surface area contributed by atoms with Gasteiger partial charge in [0.1, 0.15) is 5.78 Å². The lowest BCUT2D eigenvalue weighted by Crippen LogP contribution is -2.41. The molecule has 1 aromatic heterocycles. The van der Waals surface area contributed by atoms with E-state index in [1.807, 2.05) is 47.7 Å². The third kappa shape index (κ3) is 6.91. The number of Topliss-reactive ketones (excluding diaryl/α,β-unsaturated/α-hetero) is 1. The van der Waals surface area contributed by atoms with Gasteiger partial charge in [0, 0.05) is 42.0 Å². The fourth-order valence-electron chi connectivity index (χ4n) is 4.31. The minimum atomic E-state index is -0.444. The lowest BCUT2D eigenvalue weighted by Gasteiger charge is -2.33. The Morgan fingerprint density at radius 3 is 2.29 bits per heavy atom. The maximum Gasteiger partial charge on any atom is 0.496 e. The highest BCUT2D eigenvalue weighted by atomic mass is 16.7. The molecular formula is C27H44BNO5. The van der Waals surface area contributed by atoms with Gasteiger partial charge in [0.15, 0.2) is 0 Å². The second kappa shape index (κ2) is 10.9. The van der Waals surface area contributed by atoms with Crippen molar-refractivity contribution in [3.8, 4) is 0 Å². The van der Waals surface area contributed by atoms with E-state index < -0.39 is 18.3 Å². The van der Waals surface area contributed by atoms with Gasteiger partial charge < -0.3 is 14.0 Å². The van der Waals surface area contributed by atoms with E-state index in [0.29, 0.717) is 13.0 Å². The highest BCUT2D eigenvalue weighted by molar-refractivity contribution is 6.62. The zero-order valence-corrected chi connectivity index (χ0v) is 22.9. The molecule has 34 heavy (non-hydrogen) atoms. The molecule has 1 fully saturated rings. The van der Waals surface area contributed by atoms with Crippen molar-refractivity contribution < 1.29 is 23.6 Å². The highest BCUT2D eigenvalue weighted by Crippen LogP contribution is 2.37. The van der Waals surface area contributed by atoms with Crippen LogP contribution in [0, 0.1) is 24.2 Å². The number of rotatable bonds is 11. The van der Waals surface area contributed by atoms with E-state index in [4.69, 9.17) is 14.0 Å². The number of ketones is 1. The highest BCUT2D eigenvalue weighted by Gasteiger charge is 2.51. The predicted octanol–water partition coefficient (Wildman–Crippen LogP) is 4.83. The zero-order valence-electron chi connectivity index (χ0n) is 22.9. The third-order valence-corrected chi connectivity index (χ3v) is 7.83. The molecule has 0 spiro atoms. The molecule has 0 amide bonds. The molecule has 0 N–H and O–H groups in total. The van der Waals surface area contributed by atoms with Crippen molar-refractivity contribution in [2.75, 3.05) is 6.61 Å². The van der Waals surface area contributed by atoms with Crippen LogP contribution in [0.3, 0.4) is 0 Å². The van der Waals surface area contributed by atoms with Crippen LogP contribution in [0.5, 0.6) is 0 Å². The first-order valence-electron chi connectivity index (χ1n) is 12.6. The molecule has 1 aliphatic rings. The van der Waals surface area contributed by atoms with Crippen LogP contribution >= 0.6 is 0 Å². The molecule has 0 radical (unpaired) electrons. The van der Waals surface area contributed by atoms with E-state index in [9.17, 15) is 9.59 Å². The van der Waals surface area contributed by atoms with Gasteiger partial charge in [0.05, 0.1) is 17.8 Å². The van der Waals surface area contributed by atoms with Crippen molar-refractivity contribution in [3.05, 3.63) is 23.5 Å². The minimum absolute atomic E-state index is 0.0570. The molecule has 0 aliphatic carbocycles. The monoisotopic (exact) mass is 473 g/mol. The van der Waals surface area contributed by atoms with Crippen molar-refractivity contribution in [2.24, 2.45) is 17.3 Å². The SMILES string of the molecule is CCC(CC(=O)C(C)CCc1cc(B2OC(C)(C)C(C)(C)O2)cnc1C)C(C)(C)COC(C)=O. The average molecular weight is 473 g/mol. The lowest BCUT2D eigenvalue weighted by molar-refractivity contribution is -0.145. The lowest BCUT2D eigenvalue weighted by atomic mass is 9.74. The second-order valence-corrected chi connectivity index (χ2v) is 11.6. The van der Waals surface area contributed by atoms with Gasteiger partial charge in [-0.15, -0.1) is 0 Å². The van der Waals surface area contributed by atoms with Crippen LogP contribution in [0.2, 0.25) is 0 Å². The first-order valence-corrected chi connectivity index (χ1v) is 12.6. The largest absolute Gasteiger partial charge is 0.496 e. The van der Waals surface area contributed by atoms with Gasteiger partial charge in [-0.1, -0.05) is 40.2 Å². The Hall–Kier alpha value is -1.73. The van der Waals surface area contributed by atoms with Crippen molar-refractivity contribution in [1.29, 1.82) is 0 Å². The summed E-state index contributed by atoms with van der Waals surface area (Å²) in [7, 11) is -0.444. The van der Waals surface area contributed by atoms with Gasteiger partial charge in [0.25, 0.3) is 0 Å². The van der Waals surface area contributed by atoms with Crippen molar-refractivity contribution in [1.82, 2.24) is 4.98 Å². The zero-order chi connectivity index (χ0) is 25.9. The Morgan fingerprint density at radius 2 is 1.76 bits per heavy atom. The summed E-state index contributed by atoms with van der Waals surface area (Å²) in [6, 6.07) is 2.11. The summed E-state index contributed by atoms with van der Waals surface area (Å²) in [5, 5.41) is 0. The number of nitrogens with zero attached hydrogens (tertiary/aromatic N) is 1. The summed E-state index contributed by atoms with van der Waals surface area (Å²) < 4.78 is 17.6. The minimum Gasteiger partial charge on any atom is -0.465 e. The standard InChI is InChI=1S/C27H44BNO5/c1-11-22(25(5,6)17-32-20(4)30)15-24(31)18(2)12-13-21-14-23(16-29-19(21)3)28-33-26(7,8)27(9,10)34-28/h14,16,18,22H,11-13,15,17H2,1-10H3. The van der Waals surface area contributed by atoms with Gasteiger partial charge >= 0.3 is 13.1 Å². The Morgan fingerprint density at radius 1 is 1.18 bits per heavy atom. The average Bonchev–Trinajstić information content (AvgIpc) is 2.96. The molecule has 1 saturated heterocycles. The summed E-state index contributed by atoms with van der Waals surface area (Å²) >= 11 is 0. The fraction of sp³-hybridized carbons (Fsp3) is 0.741. The predicted molar refractivity (Wildman–Crippen MR) is 136 cm³/mol. The van der Waals surface area contributed by atoms with E-state index in [1.54, 1.807) is 0 Å². The van der Waals surface area contributed by atoms with E-state index >= 15 is 0 Å². The molecule has 0 saturated carbocycles. The smallest absolute Gasteiger partial charge is 0.465 e. The first-order chi connectivity index (χ1) is 15.6. The maximum absolute atomic E-state index is 13.1. The summed E-state index contributed by atoms with van der Waals surface area (Å²) in [6.07, 6.45) is 4.72. The summed E-state index contributed by atoms with van der Waals surface area (Å²) in [6.45, 7) is 20.2. The van der Waals surface area contributed by atoms with Gasteiger partial charge in [-0.2, -0.15) is 0 Å². The van der Waals surface area contributed by atoms with E-state index in [-0.39, 0.29) is 29.0 Å². The second-order valence-electron chi connectivity index (χ2n) is 11.6. The maximum atomic E-state index is 13.1. The number of esters is 1. The number of aromatic nitrogens is 1. The van der Waals surface area contributed by atoms with Gasteiger partial charge in [-0.3, -0.25) is 14.6 Å². The summed E-state index contributed by atoms with van der Waals surface area (Å²) in [5.41, 5.74) is 1.96. The normalized spacial score (nSPS) is 19.1. The van der Waals surface area contributed by atoms with Gasteiger partial charge in [-0.05, 0) is 58.9 Å². The van der Waals surface area contributed by atoms with Crippen LogP contribution in [-0.4, -0.2) is 41.7 Å². The van der Waals surface area contributed by atoms with Crippen LogP contribution in [-0.2, 0) is 30.1 Å². The quantitative estimate of drug-likeness (QED) is 0.339. The van der Waals surface area contributed by atoms with Crippen LogP contribution < -0.4 is 5.46 Å². The van der Waals surface area contributed by atoms with E-state index in [0.717, 1.165) is 36.0 Å². The Kier molecular flexibility index (Phi) is 9.14. The molecule has 2 rings (SSSR count). The molecule has 1 aliphatic heterocycles. The molecule has 2 heterocycles. The fourth-order valence-corrected chi connectivity index (χ4v) is 4.31. The molecule has 190 valence electrons. The number of aryl methyl sites for hydroxylation is 2. The van der Waals surface area contributed by atoms with Crippen LogP contribution in [0.25, 0.3) is 0 Å². The Bertz CT molecular complexity index is 864. The number of carbonyl (C=O) groups excluding carboxylic acids is 2. The van der Waals surface area contributed by atoms with Crippen molar-refractivity contribution in [2.45, 2.75) is 106 Å².